The largest absolute Gasteiger partial charge is 0.480 e. The summed E-state index contributed by atoms with van der Waals surface area (Å²) in [7, 11) is 0. The molecule has 3 N–H and O–H groups in total. The van der Waals surface area contributed by atoms with Crippen molar-refractivity contribution in [2.75, 3.05) is 25.1 Å². The fourth-order valence-corrected chi connectivity index (χ4v) is 4.19. The molecule has 0 saturated heterocycles. The fourth-order valence-electron chi connectivity index (χ4n) is 4.19. The van der Waals surface area contributed by atoms with Crippen molar-refractivity contribution in [3.8, 4) is 0 Å². The number of ether oxygens (including phenoxy) is 1. The number of carbonyl (C=O) groups excluding carboxylic acids is 1. The number of fused-ring (bicyclic) bond motifs is 1. The zero-order chi connectivity index (χ0) is 23.1. The van der Waals surface area contributed by atoms with E-state index in [2.05, 4.69) is 32.7 Å². The number of aryl methyl sites for hydroxylation is 2. The second-order valence-electron chi connectivity index (χ2n) is 8.77. The molecule has 9 nitrogen and oxygen atoms in total. The molecule has 0 unspecified atom stereocenters. The van der Waals surface area contributed by atoms with Crippen LogP contribution in [0.5, 0.6) is 0 Å². The highest BCUT2D eigenvalue weighted by Crippen LogP contribution is 2.48. The summed E-state index contributed by atoms with van der Waals surface area (Å²) in [5.74, 6) is -0.319. The Morgan fingerprint density at radius 3 is 2.76 bits per heavy atom. The van der Waals surface area contributed by atoms with Crippen LogP contribution in [0.25, 0.3) is 0 Å². The maximum absolute atomic E-state index is 12.8. The van der Waals surface area contributed by atoms with Gasteiger partial charge in [-0.15, -0.1) is 0 Å². The molecule has 1 fully saturated rings. The lowest BCUT2D eigenvalue weighted by Crippen LogP contribution is -2.46. The molecule has 0 spiro atoms. The number of hydrogen-bond acceptors (Lipinski definition) is 7. The van der Waals surface area contributed by atoms with E-state index < -0.39 is 17.4 Å². The summed E-state index contributed by atoms with van der Waals surface area (Å²) in [6, 6.07) is 3.28. The number of rotatable bonds is 12. The molecule has 2 aromatic rings. The topological polar surface area (TPSA) is 126 Å². The van der Waals surface area contributed by atoms with Crippen molar-refractivity contribution in [1.29, 1.82) is 0 Å². The van der Waals surface area contributed by atoms with Crippen LogP contribution in [0, 0.1) is 0 Å². The maximum atomic E-state index is 12.8. The Hall–Kier alpha value is -3.07. The number of hydrogen-bond donors (Lipinski definition) is 3. The summed E-state index contributed by atoms with van der Waals surface area (Å²) in [5, 5.41) is 15.6. The van der Waals surface area contributed by atoms with Gasteiger partial charge < -0.3 is 20.5 Å². The monoisotopic (exact) mass is 453 g/mol. The van der Waals surface area contributed by atoms with E-state index in [-0.39, 0.29) is 18.9 Å². The van der Waals surface area contributed by atoms with E-state index in [9.17, 15) is 14.7 Å². The number of amides is 1. The van der Waals surface area contributed by atoms with Gasteiger partial charge in [-0.1, -0.05) is 6.07 Å². The van der Waals surface area contributed by atoms with Crippen molar-refractivity contribution in [3.63, 3.8) is 0 Å². The van der Waals surface area contributed by atoms with Crippen molar-refractivity contribution in [2.45, 2.75) is 62.8 Å². The summed E-state index contributed by atoms with van der Waals surface area (Å²) < 4.78 is 5.64. The molecular formula is C24H31N5O4. The van der Waals surface area contributed by atoms with Crippen LogP contribution in [-0.4, -0.2) is 57.7 Å². The minimum Gasteiger partial charge on any atom is -0.480 e. The number of nitrogens with zero attached hydrogens (tertiary/aromatic N) is 3. The second kappa shape index (κ2) is 10.7. The van der Waals surface area contributed by atoms with Crippen LogP contribution in [0.4, 0.5) is 5.82 Å². The first-order chi connectivity index (χ1) is 16.1. The Kier molecular flexibility index (Phi) is 7.49. The van der Waals surface area contributed by atoms with Gasteiger partial charge in [-0.2, -0.15) is 0 Å². The van der Waals surface area contributed by atoms with Gasteiger partial charge in [-0.05, 0) is 56.6 Å². The number of nitrogens with one attached hydrogen (secondary N) is 2. The number of carbonyl (C=O) groups is 2. The zero-order valence-electron chi connectivity index (χ0n) is 18.8. The van der Waals surface area contributed by atoms with Crippen LogP contribution >= 0.6 is 0 Å². The van der Waals surface area contributed by atoms with Crippen LogP contribution < -0.4 is 10.6 Å². The summed E-state index contributed by atoms with van der Waals surface area (Å²) in [4.78, 5) is 37.0. The molecule has 4 rings (SSSR count). The third-order valence-corrected chi connectivity index (χ3v) is 6.38. The lowest BCUT2D eigenvalue weighted by Gasteiger charge is -2.19. The first-order valence-electron chi connectivity index (χ1n) is 11.7. The molecule has 9 heteroatoms. The van der Waals surface area contributed by atoms with E-state index >= 15 is 0 Å². The molecule has 1 aliphatic carbocycles. The minimum atomic E-state index is -1.06. The highest BCUT2D eigenvalue weighted by molar-refractivity contribution is 5.93. The molecule has 33 heavy (non-hydrogen) atoms. The van der Waals surface area contributed by atoms with Gasteiger partial charge in [0, 0.05) is 49.8 Å². The SMILES string of the molecule is O=C(O)[C@H](CCOCCCCc1ccc2c(n1)NCCC2)NC(=O)C1(c2cncnc2)CC1. The number of aliphatic carboxylic acids is 1. The summed E-state index contributed by atoms with van der Waals surface area (Å²) in [5.41, 5.74) is 2.40. The summed E-state index contributed by atoms with van der Waals surface area (Å²) >= 11 is 0. The standard InChI is InChI=1S/C24H31N5O4/c30-22(31)20(29-23(32)24(9-10-24)18-14-25-16-26-15-18)8-13-33-12-2-1-5-19-7-6-17-4-3-11-27-21(17)28-19/h6-7,14-16,20H,1-5,8-13H2,(H,27,28)(H,29,32)(H,30,31)/t20-/m0/s1. The zero-order valence-corrected chi connectivity index (χ0v) is 18.8. The number of pyridine rings is 1. The van der Waals surface area contributed by atoms with Crippen LogP contribution in [0.1, 0.15) is 55.3 Å². The van der Waals surface area contributed by atoms with E-state index in [0.717, 1.165) is 55.7 Å². The normalized spacial score (nSPS) is 16.8. The lowest BCUT2D eigenvalue weighted by molar-refractivity contribution is -0.142. The third-order valence-electron chi connectivity index (χ3n) is 6.38. The van der Waals surface area contributed by atoms with Crippen LogP contribution in [0.15, 0.2) is 30.9 Å². The molecule has 0 aromatic carbocycles. The number of carboxylic acid groups (broad SMARTS) is 1. The van der Waals surface area contributed by atoms with Crippen LogP contribution in [0.3, 0.4) is 0 Å². The molecule has 1 amide bonds. The average Bonchev–Trinajstić information content (AvgIpc) is 3.65. The first kappa shape index (κ1) is 23.1. The van der Waals surface area contributed by atoms with Crippen LogP contribution in [0.2, 0.25) is 0 Å². The van der Waals surface area contributed by atoms with Crippen LogP contribution in [-0.2, 0) is 32.6 Å². The second-order valence-corrected chi connectivity index (χ2v) is 8.77. The highest BCUT2D eigenvalue weighted by Gasteiger charge is 2.52. The van der Waals surface area contributed by atoms with E-state index in [1.54, 1.807) is 12.4 Å². The Bertz CT molecular complexity index is 965. The molecule has 1 atom stereocenters. The molecule has 1 aliphatic heterocycles. The summed E-state index contributed by atoms with van der Waals surface area (Å²) in [6.45, 7) is 1.81. The molecule has 3 heterocycles. The number of aromatic nitrogens is 3. The van der Waals surface area contributed by atoms with Crippen molar-refractivity contribution in [1.82, 2.24) is 20.3 Å². The van der Waals surface area contributed by atoms with Crippen molar-refractivity contribution >= 4 is 17.7 Å². The van der Waals surface area contributed by atoms with E-state index in [1.807, 2.05) is 0 Å². The predicted molar refractivity (Wildman–Crippen MR) is 122 cm³/mol. The molecular weight excluding hydrogens is 422 g/mol. The Morgan fingerprint density at radius 2 is 2.00 bits per heavy atom. The third kappa shape index (κ3) is 5.84. The van der Waals surface area contributed by atoms with Gasteiger partial charge in [0.25, 0.3) is 0 Å². The van der Waals surface area contributed by atoms with E-state index in [0.29, 0.717) is 19.4 Å². The Labute approximate surface area is 193 Å². The van der Waals surface area contributed by atoms with Gasteiger partial charge in [0.2, 0.25) is 5.91 Å². The van der Waals surface area contributed by atoms with Gasteiger partial charge in [0.1, 0.15) is 18.2 Å². The quantitative estimate of drug-likeness (QED) is 0.418. The fraction of sp³-hybridized carbons (Fsp3) is 0.542. The Balaban J connectivity index is 1.15. The molecule has 1 saturated carbocycles. The van der Waals surface area contributed by atoms with Gasteiger partial charge in [0.05, 0.1) is 5.41 Å². The smallest absolute Gasteiger partial charge is 0.326 e. The summed E-state index contributed by atoms with van der Waals surface area (Å²) in [6.07, 6.45) is 11.2. The molecule has 2 aliphatic rings. The molecule has 0 radical (unpaired) electrons. The van der Waals surface area contributed by atoms with E-state index in [4.69, 9.17) is 9.72 Å². The molecule has 0 bridgehead atoms. The average molecular weight is 454 g/mol. The van der Waals surface area contributed by atoms with Gasteiger partial charge >= 0.3 is 5.97 Å². The van der Waals surface area contributed by atoms with Gasteiger partial charge in [0.15, 0.2) is 0 Å². The van der Waals surface area contributed by atoms with Crippen molar-refractivity contribution in [2.24, 2.45) is 0 Å². The number of unbranched alkanes of at least 4 members (excludes halogenated alkanes) is 1. The number of anilines is 1. The van der Waals surface area contributed by atoms with Gasteiger partial charge in [-0.3, -0.25) is 4.79 Å². The van der Waals surface area contributed by atoms with Crippen molar-refractivity contribution < 1.29 is 19.4 Å². The van der Waals surface area contributed by atoms with E-state index in [1.165, 1.54) is 11.9 Å². The maximum Gasteiger partial charge on any atom is 0.326 e. The molecule has 176 valence electrons. The lowest BCUT2D eigenvalue weighted by atomic mass is 9.97. The predicted octanol–water partition coefficient (Wildman–Crippen LogP) is 2.26. The van der Waals surface area contributed by atoms with Crippen molar-refractivity contribution in [3.05, 3.63) is 47.7 Å². The Morgan fingerprint density at radius 1 is 1.18 bits per heavy atom. The first-order valence-corrected chi connectivity index (χ1v) is 11.7. The number of carboxylic acids is 1. The highest BCUT2D eigenvalue weighted by atomic mass is 16.5. The van der Waals surface area contributed by atoms with Gasteiger partial charge in [-0.25, -0.2) is 19.7 Å². The minimum absolute atomic E-state index is 0.223. The molecule has 2 aromatic heterocycles.